The van der Waals surface area contributed by atoms with Crippen LogP contribution < -0.4 is 5.32 Å². The minimum absolute atomic E-state index is 0.230. The molecule has 0 fully saturated rings. The third-order valence-electron chi connectivity index (χ3n) is 5.38. The maximum Gasteiger partial charge on any atom is 0.257 e. The fraction of sp³-hybridized carbons (Fsp3) is 0.174. The van der Waals surface area contributed by atoms with E-state index in [0.717, 1.165) is 29.2 Å². The van der Waals surface area contributed by atoms with Gasteiger partial charge < -0.3 is 5.32 Å². The van der Waals surface area contributed by atoms with Gasteiger partial charge in [0.2, 0.25) is 5.82 Å². The number of nitrogens with one attached hydrogen (secondary N) is 1. The van der Waals surface area contributed by atoms with Crippen LogP contribution in [-0.2, 0) is 12.8 Å². The number of rotatable bonds is 3. The SMILES string of the molecule is O=C(Nc1nonc1-c1ccc2c(c1)CCCC2)c1cccc2ccccc12. The van der Waals surface area contributed by atoms with Crippen molar-refractivity contribution in [3.05, 3.63) is 77.4 Å². The first-order valence-electron chi connectivity index (χ1n) is 9.53. The molecule has 1 heterocycles. The molecule has 5 rings (SSSR count). The Morgan fingerprint density at radius 3 is 2.64 bits per heavy atom. The van der Waals surface area contributed by atoms with Gasteiger partial charge in [-0.2, -0.15) is 0 Å². The second-order valence-corrected chi connectivity index (χ2v) is 7.13. The van der Waals surface area contributed by atoms with Crippen molar-refractivity contribution in [2.24, 2.45) is 0 Å². The van der Waals surface area contributed by atoms with Crippen molar-refractivity contribution < 1.29 is 9.42 Å². The van der Waals surface area contributed by atoms with Crippen molar-refractivity contribution in [1.29, 1.82) is 0 Å². The molecule has 0 radical (unpaired) electrons. The van der Waals surface area contributed by atoms with Crippen LogP contribution in [0.15, 0.2) is 65.3 Å². The molecule has 1 aliphatic rings. The van der Waals surface area contributed by atoms with Gasteiger partial charge >= 0.3 is 0 Å². The van der Waals surface area contributed by atoms with Gasteiger partial charge in [0.05, 0.1) is 0 Å². The van der Waals surface area contributed by atoms with E-state index < -0.39 is 0 Å². The zero-order valence-corrected chi connectivity index (χ0v) is 15.3. The molecule has 4 aromatic rings. The van der Waals surface area contributed by atoms with Gasteiger partial charge in [0.15, 0.2) is 5.69 Å². The number of hydrogen-bond donors (Lipinski definition) is 1. The molecule has 138 valence electrons. The Kier molecular flexibility index (Phi) is 4.13. The monoisotopic (exact) mass is 369 g/mol. The van der Waals surface area contributed by atoms with Crippen molar-refractivity contribution in [3.63, 3.8) is 0 Å². The topological polar surface area (TPSA) is 68.0 Å². The van der Waals surface area contributed by atoms with Crippen LogP contribution in [0.4, 0.5) is 5.82 Å². The molecule has 0 aliphatic heterocycles. The zero-order valence-electron chi connectivity index (χ0n) is 15.3. The molecule has 5 nitrogen and oxygen atoms in total. The van der Waals surface area contributed by atoms with E-state index in [0.29, 0.717) is 17.1 Å². The molecule has 0 saturated carbocycles. The first kappa shape index (κ1) is 16.7. The molecule has 5 heteroatoms. The van der Waals surface area contributed by atoms with Crippen LogP contribution in [0, 0.1) is 0 Å². The summed E-state index contributed by atoms with van der Waals surface area (Å²) in [7, 11) is 0. The van der Waals surface area contributed by atoms with E-state index in [9.17, 15) is 4.79 Å². The summed E-state index contributed by atoms with van der Waals surface area (Å²) in [4.78, 5) is 12.9. The number of fused-ring (bicyclic) bond motifs is 2. The summed E-state index contributed by atoms with van der Waals surface area (Å²) in [5.41, 5.74) is 4.81. The number of aryl methyl sites for hydroxylation is 2. The number of carbonyl (C=O) groups is 1. The zero-order chi connectivity index (χ0) is 18.9. The summed E-state index contributed by atoms with van der Waals surface area (Å²) in [5.74, 6) is 0.111. The van der Waals surface area contributed by atoms with Gasteiger partial charge in [-0.05, 0) is 70.0 Å². The Labute approximate surface area is 162 Å². The van der Waals surface area contributed by atoms with Gasteiger partial charge in [0, 0.05) is 11.1 Å². The van der Waals surface area contributed by atoms with Gasteiger partial charge in [0.1, 0.15) is 0 Å². The number of amides is 1. The standard InChI is InChI=1S/C23H19N3O2/c27-23(20-11-5-9-16-7-3-4-10-19(16)20)24-22-21(25-28-26-22)18-13-12-15-6-1-2-8-17(15)14-18/h3-5,7,9-14H,1-2,6,8H2,(H,24,26,27). The number of benzene rings is 3. The van der Waals surface area contributed by atoms with E-state index in [1.165, 1.54) is 24.0 Å². The van der Waals surface area contributed by atoms with E-state index >= 15 is 0 Å². The second-order valence-electron chi connectivity index (χ2n) is 7.13. The fourth-order valence-corrected chi connectivity index (χ4v) is 3.94. The molecular formula is C23H19N3O2. The quantitative estimate of drug-likeness (QED) is 0.550. The molecule has 0 atom stereocenters. The highest BCUT2D eigenvalue weighted by Gasteiger charge is 2.19. The molecule has 0 saturated heterocycles. The first-order valence-corrected chi connectivity index (χ1v) is 9.53. The van der Waals surface area contributed by atoms with Gasteiger partial charge in [-0.15, -0.1) is 0 Å². The molecule has 0 bridgehead atoms. The number of nitrogens with zero attached hydrogens (tertiary/aromatic N) is 2. The van der Waals surface area contributed by atoms with Crippen molar-refractivity contribution in [2.75, 3.05) is 5.32 Å². The van der Waals surface area contributed by atoms with Crippen LogP contribution in [0.25, 0.3) is 22.0 Å². The molecule has 1 amide bonds. The smallest absolute Gasteiger partial charge is 0.257 e. The van der Waals surface area contributed by atoms with Crippen LogP contribution in [0.2, 0.25) is 0 Å². The van der Waals surface area contributed by atoms with Crippen LogP contribution in [0.5, 0.6) is 0 Å². The average molecular weight is 369 g/mol. The molecule has 1 aliphatic carbocycles. The Bertz CT molecular complexity index is 1170. The van der Waals surface area contributed by atoms with E-state index in [1.54, 1.807) is 0 Å². The predicted molar refractivity (Wildman–Crippen MR) is 108 cm³/mol. The summed E-state index contributed by atoms with van der Waals surface area (Å²) in [6, 6.07) is 19.8. The van der Waals surface area contributed by atoms with Gasteiger partial charge in [0.25, 0.3) is 5.91 Å². The lowest BCUT2D eigenvalue weighted by molar-refractivity contribution is 0.102. The van der Waals surface area contributed by atoms with Crippen LogP contribution in [-0.4, -0.2) is 16.2 Å². The van der Waals surface area contributed by atoms with E-state index in [-0.39, 0.29) is 5.91 Å². The highest BCUT2D eigenvalue weighted by atomic mass is 16.6. The van der Waals surface area contributed by atoms with Crippen molar-refractivity contribution >= 4 is 22.5 Å². The largest absolute Gasteiger partial charge is 0.302 e. The molecule has 3 aromatic carbocycles. The Balaban J connectivity index is 1.47. The maximum absolute atomic E-state index is 12.9. The highest BCUT2D eigenvalue weighted by molar-refractivity contribution is 6.13. The normalized spacial score (nSPS) is 13.3. The lowest BCUT2D eigenvalue weighted by atomic mass is 9.90. The Morgan fingerprint density at radius 2 is 1.71 bits per heavy atom. The van der Waals surface area contributed by atoms with Crippen LogP contribution in [0.3, 0.4) is 0 Å². The van der Waals surface area contributed by atoms with Crippen molar-refractivity contribution in [3.8, 4) is 11.3 Å². The minimum atomic E-state index is -0.230. The van der Waals surface area contributed by atoms with E-state index in [2.05, 4.69) is 27.8 Å². The Hall–Kier alpha value is -3.47. The first-order chi connectivity index (χ1) is 13.8. The summed E-state index contributed by atoms with van der Waals surface area (Å²) >= 11 is 0. The van der Waals surface area contributed by atoms with Crippen LogP contribution >= 0.6 is 0 Å². The predicted octanol–water partition coefficient (Wildman–Crippen LogP) is 5.02. The van der Waals surface area contributed by atoms with E-state index in [1.807, 2.05) is 48.5 Å². The molecular weight excluding hydrogens is 350 g/mol. The fourth-order valence-electron chi connectivity index (χ4n) is 3.94. The highest BCUT2D eigenvalue weighted by Crippen LogP contribution is 2.30. The van der Waals surface area contributed by atoms with Crippen molar-refractivity contribution in [1.82, 2.24) is 10.3 Å². The van der Waals surface area contributed by atoms with Gasteiger partial charge in [-0.1, -0.05) is 48.5 Å². The molecule has 28 heavy (non-hydrogen) atoms. The number of carbonyl (C=O) groups excluding carboxylic acids is 1. The van der Waals surface area contributed by atoms with Gasteiger partial charge in [-0.25, -0.2) is 4.63 Å². The number of aromatic nitrogens is 2. The molecule has 0 spiro atoms. The minimum Gasteiger partial charge on any atom is -0.302 e. The lowest BCUT2D eigenvalue weighted by Crippen LogP contribution is -2.13. The second kappa shape index (κ2) is 6.93. The Morgan fingerprint density at radius 1 is 0.893 bits per heavy atom. The summed E-state index contributed by atoms with van der Waals surface area (Å²) in [6.07, 6.45) is 4.64. The number of anilines is 1. The van der Waals surface area contributed by atoms with Crippen molar-refractivity contribution in [2.45, 2.75) is 25.7 Å². The third kappa shape index (κ3) is 2.95. The average Bonchev–Trinajstić information content (AvgIpc) is 3.21. The number of hydrogen-bond acceptors (Lipinski definition) is 4. The molecule has 1 aromatic heterocycles. The summed E-state index contributed by atoms with van der Waals surface area (Å²) in [6.45, 7) is 0. The molecule has 1 N–H and O–H groups in total. The van der Waals surface area contributed by atoms with Crippen LogP contribution in [0.1, 0.15) is 34.3 Å². The molecule has 0 unspecified atom stereocenters. The lowest BCUT2D eigenvalue weighted by Gasteiger charge is -2.16. The van der Waals surface area contributed by atoms with Gasteiger partial charge in [-0.3, -0.25) is 4.79 Å². The summed E-state index contributed by atoms with van der Waals surface area (Å²) in [5, 5.41) is 12.8. The third-order valence-corrected chi connectivity index (χ3v) is 5.38. The maximum atomic E-state index is 12.9. The summed E-state index contributed by atoms with van der Waals surface area (Å²) < 4.78 is 4.95. The van der Waals surface area contributed by atoms with E-state index in [4.69, 9.17) is 4.63 Å².